The summed E-state index contributed by atoms with van der Waals surface area (Å²) < 4.78 is 2.58. The molecule has 2 rings (SSSR count). The largest absolute Gasteiger partial charge is 0.326 e. The number of rotatable bonds is 6. The number of halogens is 1. The third-order valence-corrected chi connectivity index (χ3v) is 6.16. The molecule has 20 heavy (non-hydrogen) atoms. The topological polar surface area (TPSA) is 17.8 Å². The first kappa shape index (κ1) is 15.7. The van der Waals surface area contributed by atoms with Crippen LogP contribution in [0.3, 0.4) is 0 Å². The monoisotopic (exact) mass is 310 g/mol. The second kappa shape index (κ2) is 6.40. The number of nitrogens with zero attached hydrogens (tertiary/aromatic N) is 2. The number of para-hydroxylation sites is 1. The summed E-state index contributed by atoms with van der Waals surface area (Å²) in [4.78, 5) is 4.74. The maximum Gasteiger partial charge on any atom is 0.124 e. The summed E-state index contributed by atoms with van der Waals surface area (Å²) in [6.07, 6.45) is 4.51. The Morgan fingerprint density at radius 3 is 2.55 bits per heavy atom. The molecule has 4 heteroatoms. The van der Waals surface area contributed by atoms with Crippen molar-refractivity contribution in [1.29, 1.82) is 0 Å². The number of fused-ring (bicyclic) bond motifs is 1. The maximum absolute atomic E-state index is 6.12. The lowest BCUT2D eigenvalue weighted by molar-refractivity contribution is 0.466. The molecule has 0 aliphatic carbocycles. The van der Waals surface area contributed by atoms with Gasteiger partial charge in [0.25, 0.3) is 0 Å². The van der Waals surface area contributed by atoms with Gasteiger partial charge in [0.15, 0.2) is 0 Å². The van der Waals surface area contributed by atoms with Gasteiger partial charge in [0.1, 0.15) is 5.82 Å². The molecule has 1 heterocycles. The predicted molar refractivity (Wildman–Crippen MR) is 90.9 cm³/mol. The van der Waals surface area contributed by atoms with Crippen LogP contribution in [-0.4, -0.2) is 20.6 Å². The fourth-order valence-electron chi connectivity index (χ4n) is 2.73. The lowest BCUT2D eigenvalue weighted by Gasteiger charge is -2.31. The summed E-state index contributed by atoms with van der Waals surface area (Å²) in [6, 6.07) is 6.37. The van der Waals surface area contributed by atoms with E-state index in [1.807, 2.05) is 11.8 Å². The van der Waals surface area contributed by atoms with Crippen molar-refractivity contribution in [2.24, 2.45) is 0 Å². The van der Waals surface area contributed by atoms with Crippen molar-refractivity contribution in [3.05, 3.63) is 29.6 Å². The second-order valence-corrected chi connectivity index (χ2v) is 6.83. The minimum absolute atomic E-state index is 0.262. The number of benzene rings is 1. The van der Waals surface area contributed by atoms with Crippen LogP contribution < -0.4 is 0 Å². The van der Waals surface area contributed by atoms with Crippen molar-refractivity contribution in [2.75, 3.05) is 6.26 Å². The molecule has 0 radical (unpaired) electrons. The average molecular weight is 311 g/mol. The molecule has 2 nitrogen and oxygen atoms in total. The Balaban J connectivity index is 2.55. The zero-order valence-electron chi connectivity index (χ0n) is 12.7. The number of hydrogen-bond donors (Lipinski definition) is 0. The second-order valence-electron chi connectivity index (χ2n) is 5.28. The molecule has 2 aromatic rings. The average Bonchev–Trinajstić information content (AvgIpc) is 2.84. The van der Waals surface area contributed by atoms with Crippen molar-refractivity contribution >= 4 is 34.4 Å². The Morgan fingerprint density at radius 2 is 2.00 bits per heavy atom. The minimum atomic E-state index is 0.262. The highest BCUT2D eigenvalue weighted by atomic mass is 35.5. The van der Waals surface area contributed by atoms with E-state index >= 15 is 0 Å². The zero-order valence-corrected chi connectivity index (χ0v) is 14.3. The van der Waals surface area contributed by atoms with Crippen molar-refractivity contribution in [2.45, 2.75) is 50.8 Å². The number of hydrogen-bond acceptors (Lipinski definition) is 2. The van der Waals surface area contributed by atoms with E-state index in [2.05, 4.69) is 49.8 Å². The summed E-state index contributed by atoms with van der Waals surface area (Å²) >= 11 is 8.08. The molecule has 0 fully saturated rings. The minimum Gasteiger partial charge on any atom is -0.326 e. The van der Waals surface area contributed by atoms with Gasteiger partial charge in [0.2, 0.25) is 0 Å². The van der Waals surface area contributed by atoms with E-state index in [4.69, 9.17) is 16.6 Å². The van der Waals surface area contributed by atoms with Crippen LogP contribution >= 0.6 is 23.4 Å². The van der Waals surface area contributed by atoms with Crippen LogP contribution in [0.1, 0.15) is 38.1 Å². The van der Waals surface area contributed by atoms with Gasteiger partial charge in [-0.05, 0) is 37.7 Å². The highest BCUT2D eigenvalue weighted by molar-refractivity contribution is 8.00. The van der Waals surface area contributed by atoms with Gasteiger partial charge in [-0.1, -0.05) is 26.0 Å². The molecular weight excluding hydrogens is 288 g/mol. The summed E-state index contributed by atoms with van der Waals surface area (Å²) in [5.74, 6) is 1.45. The Kier molecular flexibility index (Phi) is 5.03. The molecule has 0 bridgehead atoms. The fraction of sp³-hybridized carbons (Fsp3) is 0.562. The highest BCUT2D eigenvalue weighted by Gasteiger charge is 2.27. The Hall–Kier alpha value is -0.670. The van der Waals surface area contributed by atoms with Crippen molar-refractivity contribution in [3.8, 4) is 0 Å². The van der Waals surface area contributed by atoms with Gasteiger partial charge in [-0.2, -0.15) is 11.8 Å². The number of thioether (sulfide) groups is 1. The van der Waals surface area contributed by atoms with Gasteiger partial charge in [-0.25, -0.2) is 4.98 Å². The van der Waals surface area contributed by atoms with Gasteiger partial charge < -0.3 is 4.57 Å². The van der Waals surface area contributed by atoms with E-state index in [0.29, 0.717) is 5.88 Å². The molecular formula is C16H23ClN2S. The Morgan fingerprint density at radius 1 is 1.30 bits per heavy atom. The van der Waals surface area contributed by atoms with E-state index in [1.54, 1.807) is 0 Å². The quantitative estimate of drug-likeness (QED) is 0.698. The predicted octanol–water partition coefficient (Wildman–Crippen LogP) is 5.01. The summed E-state index contributed by atoms with van der Waals surface area (Å²) in [7, 11) is 0. The van der Waals surface area contributed by atoms with Crippen LogP contribution in [0.15, 0.2) is 18.2 Å². The Labute approximate surface area is 130 Å². The molecule has 110 valence electrons. The molecule has 0 amide bonds. The fourth-order valence-corrected chi connectivity index (χ4v) is 3.77. The van der Waals surface area contributed by atoms with Gasteiger partial charge in [0.05, 0.1) is 16.9 Å². The van der Waals surface area contributed by atoms with Crippen molar-refractivity contribution in [3.63, 3.8) is 0 Å². The number of alkyl halides is 1. The first-order valence-corrected chi connectivity index (χ1v) is 8.92. The van der Waals surface area contributed by atoms with Crippen LogP contribution in [0.5, 0.6) is 0 Å². The first-order valence-electron chi connectivity index (χ1n) is 7.16. The molecule has 0 atom stereocenters. The van der Waals surface area contributed by atoms with Crippen LogP contribution in [0.4, 0.5) is 0 Å². The standard InChI is InChI=1S/C16H23ClN2S/c1-5-16(6-2,20-4)11-19-13-9-7-8-12(3)15(13)18-14(19)10-17/h7-9H,5-6,10-11H2,1-4H3. The molecule has 0 spiro atoms. The highest BCUT2D eigenvalue weighted by Crippen LogP contribution is 2.34. The number of imidazole rings is 1. The van der Waals surface area contributed by atoms with E-state index in [-0.39, 0.29) is 4.75 Å². The summed E-state index contributed by atoms with van der Waals surface area (Å²) in [5, 5.41) is 0. The van der Waals surface area contributed by atoms with Crippen LogP contribution in [0.25, 0.3) is 11.0 Å². The van der Waals surface area contributed by atoms with E-state index < -0.39 is 0 Å². The summed E-state index contributed by atoms with van der Waals surface area (Å²) in [6.45, 7) is 7.62. The molecule has 0 aliphatic rings. The lowest BCUT2D eigenvalue weighted by atomic mass is 10.0. The smallest absolute Gasteiger partial charge is 0.124 e. The first-order chi connectivity index (χ1) is 9.60. The van der Waals surface area contributed by atoms with Crippen LogP contribution in [0.2, 0.25) is 0 Å². The molecule has 0 N–H and O–H groups in total. The van der Waals surface area contributed by atoms with Crippen molar-refractivity contribution < 1.29 is 0 Å². The summed E-state index contributed by atoms with van der Waals surface area (Å²) in [5.41, 5.74) is 3.52. The van der Waals surface area contributed by atoms with Gasteiger partial charge >= 0.3 is 0 Å². The van der Waals surface area contributed by atoms with Gasteiger partial charge in [-0.3, -0.25) is 0 Å². The number of aryl methyl sites for hydroxylation is 1. The maximum atomic E-state index is 6.12. The molecule has 1 aromatic carbocycles. The lowest BCUT2D eigenvalue weighted by Crippen LogP contribution is -2.29. The van der Waals surface area contributed by atoms with Crippen molar-refractivity contribution in [1.82, 2.24) is 9.55 Å². The zero-order chi connectivity index (χ0) is 14.8. The van der Waals surface area contributed by atoms with Gasteiger partial charge in [0, 0.05) is 11.3 Å². The number of aromatic nitrogens is 2. The van der Waals surface area contributed by atoms with Crippen LogP contribution in [-0.2, 0) is 12.4 Å². The third kappa shape index (κ3) is 2.71. The van der Waals surface area contributed by atoms with E-state index in [1.165, 1.54) is 11.1 Å². The van der Waals surface area contributed by atoms with E-state index in [9.17, 15) is 0 Å². The molecule has 0 aliphatic heterocycles. The SMILES string of the molecule is CCC(CC)(Cn1c(CCl)nc2c(C)cccc21)SC. The van der Waals surface area contributed by atoms with E-state index in [0.717, 1.165) is 30.7 Å². The van der Waals surface area contributed by atoms with Crippen LogP contribution in [0, 0.1) is 6.92 Å². The molecule has 0 unspecified atom stereocenters. The molecule has 0 saturated heterocycles. The molecule has 1 aromatic heterocycles. The van der Waals surface area contributed by atoms with Gasteiger partial charge in [-0.15, -0.1) is 11.6 Å². The molecule has 0 saturated carbocycles. The normalized spacial score (nSPS) is 12.2. The third-order valence-electron chi connectivity index (χ3n) is 4.35. The Bertz CT molecular complexity index is 579.